The first kappa shape index (κ1) is 46.2. The molecule has 23 rings (SSSR count). The highest BCUT2D eigenvalue weighted by Crippen LogP contribution is 2.49. The van der Waals surface area contributed by atoms with Crippen molar-refractivity contribution >= 4 is 0 Å². The molecule has 20 bridgehead atoms. The third-order valence-electron chi connectivity index (χ3n) is 23.7. The molecule has 4 nitrogen and oxygen atoms in total. The Morgan fingerprint density at radius 3 is 0.562 bits per heavy atom. The summed E-state index contributed by atoms with van der Waals surface area (Å²) in [7, 11) is 0. The summed E-state index contributed by atoms with van der Waals surface area (Å²) < 4.78 is 0. The average Bonchev–Trinajstić information content (AvgIpc) is 3.36. The molecule has 4 unspecified atom stereocenters. The summed E-state index contributed by atoms with van der Waals surface area (Å²) in [6.45, 7) is 17.1. The topological polar surface area (TPSA) is 13.0 Å². The summed E-state index contributed by atoms with van der Waals surface area (Å²) in [4.78, 5) is 11.8. The third-order valence-corrected chi connectivity index (χ3v) is 23.7. The monoisotopic (exact) mass is 881 g/mol. The highest BCUT2D eigenvalue weighted by molar-refractivity contribution is 4.92. The summed E-state index contributed by atoms with van der Waals surface area (Å²) in [5, 5.41) is 0. The molecule has 17 saturated heterocycles. The minimum absolute atomic E-state index is 1.00. The number of hydrogen-bond acceptors (Lipinski definition) is 4. The van der Waals surface area contributed by atoms with Crippen LogP contribution < -0.4 is 0 Å². The Labute approximate surface area is 396 Å². The van der Waals surface area contributed by atoms with E-state index in [2.05, 4.69) is 19.6 Å². The molecule has 0 aromatic rings. The van der Waals surface area contributed by atoms with Gasteiger partial charge in [-0.05, 0) is 314 Å². The van der Waals surface area contributed by atoms with Crippen LogP contribution in [0.4, 0.5) is 0 Å². The molecule has 17 heterocycles. The van der Waals surface area contributed by atoms with Crippen LogP contribution in [-0.2, 0) is 0 Å². The zero-order valence-electron chi connectivity index (χ0n) is 42.1. The van der Waals surface area contributed by atoms with E-state index in [0.29, 0.717) is 0 Å². The molecule has 6 saturated carbocycles. The van der Waals surface area contributed by atoms with Gasteiger partial charge >= 0.3 is 0 Å². The largest absolute Gasteiger partial charge is 0.303 e. The molecule has 64 heavy (non-hydrogen) atoms. The normalized spacial score (nSPS) is 50.2. The predicted octanol–water partition coefficient (Wildman–Crippen LogP) is 13.7. The van der Waals surface area contributed by atoms with Gasteiger partial charge in [0, 0.05) is 26.2 Å². The van der Waals surface area contributed by atoms with Crippen LogP contribution in [0.3, 0.4) is 0 Å². The molecular weight excluding hydrogens is 777 g/mol. The number of nitrogens with zero attached hydrogens (tertiary/aromatic N) is 4. The second kappa shape index (κ2) is 22.3. The molecule has 0 aromatic heterocycles. The standard InChI is InChI=1S/C60H104N4/c1-3-57-39-58(4-1)50-17-9-46(10-18-50)42-62-33-25-54(26-34-62)56-29-37-64(38-30-56)44-48-13-21-52(22-14-48)60-6-2-5-59(40-60)51-19-11-47(12-20-51)43-63-35-27-55(28-36-63)53-23-31-61(32-24-53)41-45-7-15-49(57)16-8-45/h45-60H,1-44H2. The van der Waals surface area contributed by atoms with Gasteiger partial charge in [-0.1, -0.05) is 38.5 Å². The van der Waals surface area contributed by atoms with E-state index < -0.39 is 0 Å². The molecule has 4 atom stereocenters. The lowest BCUT2D eigenvalue weighted by Crippen LogP contribution is -2.43. The van der Waals surface area contributed by atoms with Crippen LogP contribution in [0.15, 0.2) is 0 Å². The van der Waals surface area contributed by atoms with E-state index in [9.17, 15) is 0 Å². The van der Waals surface area contributed by atoms with Gasteiger partial charge in [0.15, 0.2) is 0 Å². The van der Waals surface area contributed by atoms with Gasteiger partial charge in [0.2, 0.25) is 0 Å². The average molecular weight is 882 g/mol. The van der Waals surface area contributed by atoms with Crippen LogP contribution in [0.5, 0.6) is 0 Å². The van der Waals surface area contributed by atoms with Gasteiger partial charge in [-0.15, -0.1) is 0 Å². The van der Waals surface area contributed by atoms with E-state index >= 15 is 0 Å². The van der Waals surface area contributed by atoms with Gasteiger partial charge < -0.3 is 19.6 Å². The fraction of sp³-hybridized carbons (Fsp3) is 1.00. The first-order chi connectivity index (χ1) is 31.6. The van der Waals surface area contributed by atoms with Crippen LogP contribution >= 0.6 is 0 Å². The quantitative estimate of drug-likeness (QED) is 0.240. The molecule has 0 spiro atoms. The maximum absolute atomic E-state index is 2.95. The van der Waals surface area contributed by atoms with Crippen molar-refractivity contribution in [3.05, 3.63) is 0 Å². The summed E-state index contributed by atoms with van der Waals surface area (Å²) in [6.07, 6.45) is 49.7. The zero-order valence-corrected chi connectivity index (χ0v) is 42.1. The molecule has 0 aromatic carbocycles. The Kier molecular flexibility index (Phi) is 16.1. The maximum atomic E-state index is 2.95. The predicted molar refractivity (Wildman–Crippen MR) is 269 cm³/mol. The van der Waals surface area contributed by atoms with E-state index in [4.69, 9.17) is 0 Å². The zero-order chi connectivity index (χ0) is 42.7. The van der Waals surface area contributed by atoms with E-state index in [1.807, 2.05) is 0 Å². The van der Waals surface area contributed by atoms with Gasteiger partial charge in [0.25, 0.3) is 0 Å². The van der Waals surface area contributed by atoms with Crippen molar-refractivity contribution in [3.8, 4) is 0 Å². The molecule has 364 valence electrons. The molecular formula is C60H104N4. The number of piperidine rings is 4. The van der Waals surface area contributed by atoms with Gasteiger partial charge in [0.1, 0.15) is 0 Å². The molecule has 6 aliphatic carbocycles. The molecule has 23 fully saturated rings. The minimum Gasteiger partial charge on any atom is -0.303 e. The van der Waals surface area contributed by atoms with Crippen molar-refractivity contribution in [3.63, 3.8) is 0 Å². The first-order valence-corrected chi connectivity index (χ1v) is 30.5. The fourth-order valence-corrected chi connectivity index (χ4v) is 19.5. The van der Waals surface area contributed by atoms with Crippen molar-refractivity contribution in [2.45, 2.75) is 205 Å². The highest BCUT2D eigenvalue weighted by atomic mass is 15.2. The van der Waals surface area contributed by atoms with E-state index in [1.54, 1.807) is 154 Å². The van der Waals surface area contributed by atoms with E-state index in [-0.39, 0.29) is 0 Å². The van der Waals surface area contributed by atoms with Crippen LogP contribution in [0.2, 0.25) is 0 Å². The van der Waals surface area contributed by atoms with Crippen molar-refractivity contribution < 1.29 is 0 Å². The highest BCUT2D eigenvalue weighted by Gasteiger charge is 2.40. The maximum Gasteiger partial charge on any atom is 0.000966 e. The summed E-state index contributed by atoms with van der Waals surface area (Å²) >= 11 is 0. The lowest BCUT2D eigenvalue weighted by atomic mass is 9.64. The van der Waals surface area contributed by atoms with Crippen LogP contribution in [0.1, 0.15) is 205 Å². The van der Waals surface area contributed by atoms with Crippen molar-refractivity contribution in [2.24, 2.45) is 94.7 Å². The van der Waals surface area contributed by atoms with Gasteiger partial charge in [-0.2, -0.15) is 0 Å². The molecule has 0 N–H and O–H groups in total. The van der Waals surface area contributed by atoms with Gasteiger partial charge in [0.05, 0.1) is 0 Å². The molecule has 0 radical (unpaired) electrons. The smallest absolute Gasteiger partial charge is 0.000966 e. The van der Waals surface area contributed by atoms with Gasteiger partial charge in [-0.3, -0.25) is 0 Å². The lowest BCUT2D eigenvalue weighted by Gasteiger charge is -2.45. The summed E-state index contributed by atoms with van der Waals surface area (Å²) in [5.41, 5.74) is 0. The molecule has 0 amide bonds. The second-order valence-electron chi connectivity index (χ2n) is 27.0. The Hall–Kier alpha value is -0.160. The minimum atomic E-state index is 1.00. The summed E-state index contributed by atoms with van der Waals surface area (Å²) in [6, 6.07) is 0. The van der Waals surface area contributed by atoms with Crippen molar-refractivity contribution in [1.82, 2.24) is 19.6 Å². The van der Waals surface area contributed by atoms with Gasteiger partial charge in [-0.25, -0.2) is 0 Å². The van der Waals surface area contributed by atoms with E-state index in [1.165, 1.54) is 130 Å². The van der Waals surface area contributed by atoms with Crippen LogP contribution in [-0.4, -0.2) is 98.1 Å². The Morgan fingerprint density at radius 1 is 0.172 bits per heavy atom. The fourth-order valence-electron chi connectivity index (χ4n) is 19.5. The van der Waals surface area contributed by atoms with E-state index in [0.717, 1.165) is 94.7 Å². The SMILES string of the molecule is C1CC2CC(C1)C1CCC(CC1)CN1CCC(CC1)C1CCN(CC1)CC1CCC(CC1)C1CCCC(C1)C1CCC(CC1)CN1CCC(CC1)C1CCN(CC1)CC1CCC2CC1. The van der Waals surface area contributed by atoms with Crippen molar-refractivity contribution in [2.75, 3.05) is 78.5 Å². The second-order valence-corrected chi connectivity index (χ2v) is 27.0. The van der Waals surface area contributed by atoms with Crippen LogP contribution in [0.25, 0.3) is 0 Å². The summed E-state index contributed by atoms with van der Waals surface area (Å²) in [5.74, 6) is 16.7. The Bertz CT molecular complexity index is 1150. The molecule has 4 heteroatoms. The lowest BCUT2D eigenvalue weighted by molar-refractivity contribution is 0.0544. The molecule has 17 aliphatic heterocycles. The van der Waals surface area contributed by atoms with Crippen LogP contribution in [0, 0.1) is 94.7 Å². The number of rotatable bonds is 0. The first-order valence-electron chi connectivity index (χ1n) is 30.5. The Morgan fingerprint density at radius 2 is 0.359 bits per heavy atom. The Balaban J connectivity index is 0.667. The number of hydrogen-bond donors (Lipinski definition) is 0. The van der Waals surface area contributed by atoms with Crippen molar-refractivity contribution in [1.29, 1.82) is 0 Å². The molecule has 23 aliphatic rings. The third kappa shape index (κ3) is 11.7.